The molecule has 2 heterocycles. The van der Waals surface area contributed by atoms with Crippen LogP contribution >= 0.6 is 11.8 Å². The summed E-state index contributed by atoms with van der Waals surface area (Å²) in [7, 11) is 1.61. The number of benzene rings is 2. The maximum Gasteiger partial charge on any atom is 0.325 e. The van der Waals surface area contributed by atoms with Gasteiger partial charge in [0.15, 0.2) is 5.17 Å². The van der Waals surface area contributed by atoms with Crippen molar-refractivity contribution < 1.29 is 19.1 Å². The molecule has 1 aliphatic heterocycles. The number of nitrogens with one attached hydrogen (secondary N) is 1. The summed E-state index contributed by atoms with van der Waals surface area (Å²) < 4.78 is 12.1. The first-order valence-electron chi connectivity index (χ1n) is 9.74. The fourth-order valence-electron chi connectivity index (χ4n) is 3.26. The Morgan fingerprint density at radius 1 is 1.19 bits per heavy atom. The van der Waals surface area contributed by atoms with E-state index in [1.54, 1.807) is 14.0 Å². The number of amides is 1. The molecule has 0 unspecified atom stereocenters. The van der Waals surface area contributed by atoms with Crippen molar-refractivity contribution in [3.63, 3.8) is 0 Å². The van der Waals surface area contributed by atoms with E-state index in [1.807, 2.05) is 65.4 Å². The summed E-state index contributed by atoms with van der Waals surface area (Å²) in [5.41, 5.74) is 2.47. The average molecular weight is 436 g/mol. The molecule has 0 atom stereocenters. The predicted octanol–water partition coefficient (Wildman–Crippen LogP) is 4.10. The van der Waals surface area contributed by atoms with Crippen molar-refractivity contribution in [1.29, 1.82) is 0 Å². The Hall–Kier alpha value is -3.52. The summed E-state index contributed by atoms with van der Waals surface area (Å²) in [6.07, 6.45) is 3.68. The summed E-state index contributed by atoms with van der Waals surface area (Å²) in [6, 6.07) is 15.0. The van der Waals surface area contributed by atoms with Crippen LogP contribution in [0.5, 0.6) is 5.75 Å². The van der Waals surface area contributed by atoms with Gasteiger partial charge >= 0.3 is 5.97 Å². The first-order chi connectivity index (χ1) is 15.1. The van der Waals surface area contributed by atoms with Crippen LogP contribution in [0.25, 0.3) is 17.0 Å². The number of rotatable bonds is 6. The van der Waals surface area contributed by atoms with Crippen LogP contribution in [0.1, 0.15) is 12.5 Å². The monoisotopic (exact) mass is 435 g/mol. The Morgan fingerprint density at radius 3 is 2.71 bits per heavy atom. The number of hydrogen-bond acceptors (Lipinski definition) is 6. The van der Waals surface area contributed by atoms with Gasteiger partial charge in [0.1, 0.15) is 12.3 Å². The number of fused-ring (bicyclic) bond motifs is 1. The second kappa shape index (κ2) is 9.09. The molecule has 4 rings (SSSR count). The minimum Gasteiger partial charge on any atom is -0.497 e. The van der Waals surface area contributed by atoms with Gasteiger partial charge in [0.25, 0.3) is 5.91 Å². The SMILES string of the molecule is CCOC(=O)Cn1cc(/C=C2/SC(=Nc3ccc(OC)cc3)NC2=O)c2ccccc21. The highest BCUT2D eigenvalue weighted by molar-refractivity contribution is 8.18. The number of carbonyl (C=O) groups is 2. The fraction of sp³-hybridized carbons (Fsp3) is 0.174. The van der Waals surface area contributed by atoms with E-state index in [0.29, 0.717) is 16.7 Å². The quantitative estimate of drug-likeness (QED) is 0.466. The highest BCUT2D eigenvalue weighted by Gasteiger charge is 2.24. The lowest BCUT2D eigenvalue weighted by molar-refractivity contribution is -0.143. The van der Waals surface area contributed by atoms with Gasteiger partial charge in [-0.25, -0.2) is 4.99 Å². The molecule has 0 saturated carbocycles. The zero-order chi connectivity index (χ0) is 21.8. The van der Waals surface area contributed by atoms with E-state index in [-0.39, 0.29) is 18.4 Å². The smallest absolute Gasteiger partial charge is 0.325 e. The van der Waals surface area contributed by atoms with E-state index in [4.69, 9.17) is 9.47 Å². The average Bonchev–Trinajstić information content (AvgIpc) is 3.29. The van der Waals surface area contributed by atoms with Gasteiger partial charge in [0, 0.05) is 22.7 Å². The van der Waals surface area contributed by atoms with E-state index < -0.39 is 0 Å². The molecule has 1 amide bonds. The van der Waals surface area contributed by atoms with Crippen LogP contribution in [0.3, 0.4) is 0 Å². The van der Waals surface area contributed by atoms with Gasteiger partial charge in [0.05, 0.1) is 24.3 Å². The number of ether oxygens (including phenoxy) is 2. The first-order valence-corrected chi connectivity index (χ1v) is 10.6. The van der Waals surface area contributed by atoms with Crippen molar-refractivity contribution >= 4 is 51.5 Å². The molecule has 3 aromatic rings. The van der Waals surface area contributed by atoms with Crippen molar-refractivity contribution in [3.8, 4) is 5.75 Å². The number of carbonyl (C=O) groups excluding carboxylic acids is 2. The molecule has 31 heavy (non-hydrogen) atoms. The zero-order valence-corrected chi connectivity index (χ0v) is 17.9. The number of methoxy groups -OCH3 is 1. The van der Waals surface area contributed by atoms with Crippen LogP contribution in [-0.4, -0.2) is 35.3 Å². The molecule has 1 fully saturated rings. The van der Waals surface area contributed by atoms with Crippen LogP contribution < -0.4 is 10.1 Å². The van der Waals surface area contributed by atoms with Crippen LogP contribution in [0.4, 0.5) is 5.69 Å². The van der Waals surface area contributed by atoms with Gasteiger partial charge in [0.2, 0.25) is 0 Å². The van der Waals surface area contributed by atoms with E-state index in [2.05, 4.69) is 10.3 Å². The molecule has 1 N–H and O–H groups in total. The van der Waals surface area contributed by atoms with E-state index in [1.165, 1.54) is 11.8 Å². The summed E-state index contributed by atoms with van der Waals surface area (Å²) in [6.45, 7) is 2.23. The lowest BCUT2D eigenvalue weighted by Gasteiger charge is -2.04. The molecule has 7 nitrogen and oxygen atoms in total. The molecular formula is C23H21N3O4S. The van der Waals surface area contributed by atoms with E-state index in [9.17, 15) is 9.59 Å². The Bertz CT molecular complexity index is 1200. The van der Waals surface area contributed by atoms with Gasteiger partial charge in [-0.15, -0.1) is 0 Å². The van der Waals surface area contributed by atoms with Crippen LogP contribution in [0.15, 0.2) is 64.6 Å². The van der Waals surface area contributed by atoms with Crippen molar-refractivity contribution in [2.75, 3.05) is 13.7 Å². The van der Waals surface area contributed by atoms with Crippen molar-refractivity contribution in [2.45, 2.75) is 13.5 Å². The standard InChI is InChI=1S/C23H21N3O4S/c1-3-30-21(27)14-26-13-15(18-6-4-5-7-19(18)26)12-20-22(28)25-23(31-20)24-16-8-10-17(29-2)11-9-16/h4-13H,3,14H2,1-2H3,(H,24,25,28)/b20-12+. The van der Waals surface area contributed by atoms with Gasteiger partial charge in [-0.05, 0) is 55.1 Å². The minimum absolute atomic E-state index is 0.112. The molecule has 2 aromatic carbocycles. The number of nitrogens with zero attached hydrogens (tertiary/aromatic N) is 2. The van der Waals surface area contributed by atoms with Crippen molar-refractivity contribution in [2.24, 2.45) is 4.99 Å². The molecule has 1 aromatic heterocycles. The van der Waals surface area contributed by atoms with Crippen molar-refractivity contribution in [3.05, 3.63) is 65.2 Å². The van der Waals surface area contributed by atoms with Gasteiger partial charge < -0.3 is 19.4 Å². The molecule has 0 radical (unpaired) electrons. The molecule has 0 aliphatic carbocycles. The molecule has 1 aliphatic rings. The second-order valence-corrected chi connectivity index (χ2v) is 7.74. The lowest BCUT2D eigenvalue weighted by Crippen LogP contribution is -2.19. The predicted molar refractivity (Wildman–Crippen MR) is 122 cm³/mol. The number of thioether (sulfide) groups is 1. The number of para-hydroxylation sites is 1. The normalized spacial score (nSPS) is 16.1. The van der Waals surface area contributed by atoms with E-state index >= 15 is 0 Å². The third-order valence-electron chi connectivity index (χ3n) is 4.66. The molecule has 1 saturated heterocycles. The third-order valence-corrected chi connectivity index (χ3v) is 5.57. The summed E-state index contributed by atoms with van der Waals surface area (Å²) in [5.74, 6) is 0.232. The summed E-state index contributed by atoms with van der Waals surface area (Å²) >= 11 is 1.28. The lowest BCUT2D eigenvalue weighted by atomic mass is 10.1. The largest absolute Gasteiger partial charge is 0.497 e. The molecule has 0 bridgehead atoms. The van der Waals surface area contributed by atoms with Gasteiger partial charge in [-0.2, -0.15) is 0 Å². The summed E-state index contributed by atoms with van der Waals surface area (Å²) in [4.78, 5) is 29.5. The number of hydrogen-bond donors (Lipinski definition) is 1. The second-order valence-electron chi connectivity index (χ2n) is 6.71. The molecule has 0 spiro atoms. The summed E-state index contributed by atoms with van der Waals surface area (Å²) in [5, 5.41) is 4.26. The number of amidine groups is 1. The molecule has 158 valence electrons. The maximum absolute atomic E-state index is 12.5. The number of aromatic nitrogens is 1. The van der Waals surface area contributed by atoms with Crippen LogP contribution in [0, 0.1) is 0 Å². The van der Waals surface area contributed by atoms with E-state index in [0.717, 1.165) is 27.9 Å². The topological polar surface area (TPSA) is 81.9 Å². The molecular weight excluding hydrogens is 414 g/mol. The highest BCUT2D eigenvalue weighted by Crippen LogP contribution is 2.31. The Labute approximate surface area is 183 Å². The van der Waals surface area contributed by atoms with Crippen LogP contribution in [0.2, 0.25) is 0 Å². The Morgan fingerprint density at radius 2 is 1.97 bits per heavy atom. The maximum atomic E-state index is 12.5. The van der Waals surface area contributed by atoms with Crippen molar-refractivity contribution in [1.82, 2.24) is 9.88 Å². The number of aliphatic imine (C=N–C) groups is 1. The Kier molecular flexibility index (Phi) is 6.08. The number of esters is 1. The minimum atomic E-state index is -0.302. The zero-order valence-electron chi connectivity index (χ0n) is 17.1. The van der Waals surface area contributed by atoms with Gasteiger partial charge in [-0.1, -0.05) is 18.2 Å². The highest BCUT2D eigenvalue weighted by atomic mass is 32.2. The van der Waals surface area contributed by atoms with Crippen LogP contribution in [-0.2, 0) is 20.9 Å². The first kappa shape index (κ1) is 20.7. The fourth-order valence-corrected chi connectivity index (χ4v) is 4.10. The van der Waals surface area contributed by atoms with Gasteiger partial charge in [-0.3, -0.25) is 9.59 Å². The Balaban J connectivity index is 1.61. The molecule has 8 heteroatoms. The third kappa shape index (κ3) is 4.64.